The van der Waals surface area contributed by atoms with E-state index < -0.39 is 0 Å². The predicted molar refractivity (Wildman–Crippen MR) is 91.2 cm³/mol. The van der Waals surface area contributed by atoms with Crippen LogP contribution in [0, 0.1) is 5.41 Å². The van der Waals surface area contributed by atoms with Gasteiger partial charge in [0.05, 0.1) is 17.2 Å². The van der Waals surface area contributed by atoms with Gasteiger partial charge < -0.3 is 10.0 Å². The summed E-state index contributed by atoms with van der Waals surface area (Å²) in [4.78, 5) is 8.20. The quantitative estimate of drug-likeness (QED) is 0.902. The number of hydrogen-bond donors (Lipinski definition) is 1. The predicted octanol–water partition coefficient (Wildman–Crippen LogP) is 4.34. The number of hydrogen-bond acceptors (Lipinski definition) is 4. The molecule has 0 bridgehead atoms. The molecular weight excluding hydrogens is 280 g/mol. The molecule has 0 spiro atoms. The number of aliphatic hydroxyl groups is 1. The van der Waals surface area contributed by atoms with Crippen LogP contribution < -0.4 is 4.90 Å². The van der Waals surface area contributed by atoms with Gasteiger partial charge in [0, 0.05) is 18.5 Å². The van der Waals surface area contributed by atoms with Gasteiger partial charge in [-0.05, 0) is 31.1 Å². The second kappa shape index (κ2) is 5.88. The second-order valence-electron chi connectivity index (χ2n) is 8.18. The monoisotopic (exact) mass is 310 g/mol. The highest BCUT2D eigenvalue weighted by Gasteiger charge is 2.31. The Hall–Kier alpha value is -0.610. The minimum Gasteiger partial charge on any atom is -0.391 e. The molecule has 0 aromatic carbocycles. The van der Waals surface area contributed by atoms with E-state index in [1.807, 2.05) is 0 Å². The Morgan fingerprint density at radius 1 is 1.29 bits per heavy atom. The average Bonchev–Trinajstić information content (AvgIpc) is 2.82. The van der Waals surface area contributed by atoms with Gasteiger partial charge in [0.25, 0.3) is 0 Å². The lowest BCUT2D eigenvalue weighted by Gasteiger charge is -2.38. The second-order valence-corrected chi connectivity index (χ2v) is 9.24. The van der Waals surface area contributed by atoms with Crippen LogP contribution in [-0.2, 0) is 12.0 Å². The molecule has 1 N–H and O–H groups in total. The number of rotatable bonds is 3. The summed E-state index contributed by atoms with van der Waals surface area (Å²) < 4.78 is 0. The zero-order chi connectivity index (χ0) is 15.8. The zero-order valence-corrected chi connectivity index (χ0v) is 15.2. The van der Waals surface area contributed by atoms with E-state index >= 15 is 0 Å². The van der Waals surface area contributed by atoms with Crippen LogP contribution >= 0.6 is 11.3 Å². The summed E-state index contributed by atoms with van der Waals surface area (Å²) in [5.41, 5.74) is 1.53. The highest BCUT2D eigenvalue weighted by atomic mass is 32.1. The highest BCUT2D eigenvalue weighted by molar-refractivity contribution is 7.15. The third-order valence-corrected chi connectivity index (χ3v) is 5.83. The molecule has 120 valence electrons. The molecule has 0 atom stereocenters. The highest BCUT2D eigenvalue weighted by Crippen LogP contribution is 2.40. The van der Waals surface area contributed by atoms with Crippen molar-refractivity contribution in [3.8, 4) is 0 Å². The molecule has 0 unspecified atom stereocenters. The molecule has 0 radical (unpaired) electrons. The van der Waals surface area contributed by atoms with Crippen molar-refractivity contribution < 1.29 is 5.11 Å². The van der Waals surface area contributed by atoms with Crippen LogP contribution in [0.3, 0.4) is 0 Å². The third kappa shape index (κ3) is 3.78. The minimum atomic E-state index is -0.0117. The molecule has 1 saturated carbocycles. The molecule has 1 aliphatic carbocycles. The van der Waals surface area contributed by atoms with Crippen LogP contribution in [0.1, 0.15) is 70.9 Å². The van der Waals surface area contributed by atoms with Crippen molar-refractivity contribution in [3.05, 3.63) is 10.6 Å². The van der Waals surface area contributed by atoms with E-state index in [0.29, 0.717) is 11.5 Å². The summed E-state index contributed by atoms with van der Waals surface area (Å²) in [6, 6.07) is 0.587. The Labute approximate surface area is 133 Å². The van der Waals surface area contributed by atoms with Crippen molar-refractivity contribution >= 4 is 16.5 Å². The molecule has 21 heavy (non-hydrogen) atoms. The van der Waals surface area contributed by atoms with E-state index in [0.717, 1.165) is 15.7 Å². The molecule has 0 saturated heterocycles. The van der Waals surface area contributed by atoms with Gasteiger partial charge in [0.2, 0.25) is 0 Å². The minimum absolute atomic E-state index is 0.0117. The lowest BCUT2D eigenvalue weighted by Crippen LogP contribution is -2.37. The van der Waals surface area contributed by atoms with Gasteiger partial charge >= 0.3 is 0 Å². The topological polar surface area (TPSA) is 36.4 Å². The van der Waals surface area contributed by atoms with Gasteiger partial charge in [-0.25, -0.2) is 4.98 Å². The first kappa shape index (κ1) is 16.8. The molecular formula is C17H30N2OS. The van der Waals surface area contributed by atoms with Crippen molar-refractivity contribution in [1.82, 2.24) is 4.98 Å². The van der Waals surface area contributed by atoms with Crippen molar-refractivity contribution in [2.24, 2.45) is 5.41 Å². The maximum atomic E-state index is 9.61. The molecule has 0 amide bonds. The molecule has 2 rings (SSSR count). The van der Waals surface area contributed by atoms with E-state index in [9.17, 15) is 5.11 Å². The van der Waals surface area contributed by atoms with Gasteiger partial charge in [0.15, 0.2) is 5.13 Å². The summed E-state index contributed by atoms with van der Waals surface area (Å²) in [5, 5.41) is 10.7. The van der Waals surface area contributed by atoms with Crippen LogP contribution in [0.2, 0.25) is 0 Å². The third-order valence-electron chi connectivity index (χ3n) is 4.70. The van der Waals surface area contributed by atoms with Crippen LogP contribution in [0.25, 0.3) is 0 Å². The molecule has 1 heterocycles. The Kier molecular flexibility index (Phi) is 4.69. The number of aromatic nitrogens is 1. The number of thiazole rings is 1. The van der Waals surface area contributed by atoms with Gasteiger partial charge in [-0.3, -0.25) is 0 Å². The maximum absolute atomic E-state index is 9.61. The van der Waals surface area contributed by atoms with Gasteiger partial charge in [-0.15, -0.1) is 0 Å². The average molecular weight is 311 g/mol. The summed E-state index contributed by atoms with van der Waals surface area (Å²) in [5.74, 6) is 0. The van der Waals surface area contributed by atoms with Crippen LogP contribution in [-0.4, -0.2) is 23.2 Å². The fraction of sp³-hybridized carbons (Fsp3) is 0.824. The molecule has 1 aromatic heterocycles. The smallest absolute Gasteiger partial charge is 0.185 e. The standard InChI is InChI=1S/C17H30N2OS/c1-16(2,3)14-13(11-20)21-15(18-14)19(6)12-7-9-17(4,5)10-8-12/h12,20H,7-11H2,1-6H3. The van der Waals surface area contributed by atoms with E-state index in [-0.39, 0.29) is 12.0 Å². The maximum Gasteiger partial charge on any atom is 0.185 e. The largest absolute Gasteiger partial charge is 0.391 e. The lowest BCUT2D eigenvalue weighted by molar-refractivity contribution is 0.222. The van der Waals surface area contributed by atoms with E-state index in [4.69, 9.17) is 4.98 Å². The number of anilines is 1. The van der Waals surface area contributed by atoms with Crippen molar-refractivity contribution in [3.63, 3.8) is 0 Å². The van der Waals surface area contributed by atoms with E-state index in [1.54, 1.807) is 11.3 Å². The molecule has 3 nitrogen and oxygen atoms in total. The molecule has 4 heteroatoms. The number of aliphatic hydroxyl groups excluding tert-OH is 1. The summed E-state index contributed by atoms with van der Waals surface area (Å²) in [7, 11) is 2.16. The molecule has 1 fully saturated rings. The molecule has 1 aromatic rings. The van der Waals surface area contributed by atoms with Crippen LogP contribution in [0.4, 0.5) is 5.13 Å². The summed E-state index contributed by atoms with van der Waals surface area (Å²) >= 11 is 1.65. The van der Waals surface area contributed by atoms with Crippen molar-refractivity contribution in [2.45, 2.75) is 78.4 Å². The summed E-state index contributed by atoms with van der Waals surface area (Å²) in [6.45, 7) is 11.3. The molecule has 1 aliphatic rings. The first-order valence-corrected chi connectivity index (χ1v) is 8.79. The lowest BCUT2D eigenvalue weighted by atomic mass is 9.75. The SMILES string of the molecule is CN(c1nc(C(C)(C)C)c(CO)s1)C1CCC(C)(C)CC1. The fourth-order valence-electron chi connectivity index (χ4n) is 3.11. The van der Waals surface area contributed by atoms with Gasteiger partial charge in [-0.1, -0.05) is 46.0 Å². The Morgan fingerprint density at radius 3 is 2.29 bits per heavy atom. The fourth-order valence-corrected chi connectivity index (χ4v) is 4.27. The Bertz CT molecular complexity index is 477. The van der Waals surface area contributed by atoms with Crippen molar-refractivity contribution in [2.75, 3.05) is 11.9 Å². The van der Waals surface area contributed by atoms with Gasteiger partial charge in [0.1, 0.15) is 0 Å². The van der Waals surface area contributed by atoms with Gasteiger partial charge in [-0.2, -0.15) is 0 Å². The van der Waals surface area contributed by atoms with Crippen molar-refractivity contribution in [1.29, 1.82) is 0 Å². The molecule has 0 aliphatic heterocycles. The van der Waals surface area contributed by atoms with Crippen LogP contribution in [0.15, 0.2) is 0 Å². The first-order valence-electron chi connectivity index (χ1n) is 7.98. The first-order chi connectivity index (χ1) is 9.64. The number of nitrogens with zero attached hydrogens (tertiary/aromatic N) is 2. The Morgan fingerprint density at radius 2 is 1.86 bits per heavy atom. The summed E-state index contributed by atoms with van der Waals surface area (Å²) in [6.07, 6.45) is 5.05. The Balaban J connectivity index is 2.17. The van der Waals surface area contributed by atoms with Crippen LogP contribution in [0.5, 0.6) is 0 Å². The van der Waals surface area contributed by atoms with E-state index in [1.165, 1.54) is 25.7 Å². The normalized spacial score (nSPS) is 19.8. The zero-order valence-electron chi connectivity index (χ0n) is 14.4. The van der Waals surface area contributed by atoms with E-state index in [2.05, 4.69) is 46.6 Å².